The first kappa shape index (κ1) is 22.2. The zero-order chi connectivity index (χ0) is 23.2. The fraction of sp³-hybridized carbons (Fsp3) is 0.167. The summed E-state index contributed by atoms with van der Waals surface area (Å²) < 4.78 is 45.7. The summed E-state index contributed by atoms with van der Waals surface area (Å²) in [5, 5.41) is 11.5. The van der Waals surface area contributed by atoms with Crippen molar-refractivity contribution in [2.24, 2.45) is 0 Å². The minimum atomic E-state index is -4.66. The second-order valence-corrected chi connectivity index (χ2v) is 8.97. The fourth-order valence-electron chi connectivity index (χ4n) is 2.87. The molecule has 0 bridgehead atoms. The molecule has 1 aromatic carbocycles. The lowest BCUT2D eigenvalue weighted by atomic mass is 10.1. The number of ether oxygens (including phenoxy) is 1. The number of thioether (sulfide) groups is 1. The number of hydrogen-bond donors (Lipinski definition) is 1. The number of methoxy groups -OCH3 is 1. The van der Waals surface area contributed by atoms with Crippen LogP contribution < -0.4 is 4.74 Å². The number of fused-ring (bicyclic) bond motifs is 1. The SMILES string of the molecule is COc1ccc(-c2nc3sc(C(F)(F)F)nn3c2/C=C2\SC(=S)N(CC(=O)O)C2=O)cc1. The number of carbonyl (C=O) groups excluding carboxylic acids is 1. The van der Waals surface area contributed by atoms with Gasteiger partial charge in [-0.15, -0.1) is 5.10 Å². The van der Waals surface area contributed by atoms with Gasteiger partial charge in [-0.3, -0.25) is 14.5 Å². The predicted molar refractivity (Wildman–Crippen MR) is 115 cm³/mol. The van der Waals surface area contributed by atoms with Gasteiger partial charge in [0.1, 0.15) is 16.6 Å². The number of amides is 1. The molecule has 1 amide bonds. The largest absolute Gasteiger partial charge is 0.497 e. The molecule has 0 spiro atoms. The van der Waals surface area contributed by atoms with Crippen molar-refractivity contribution in [1.29, 1.82) is 0 Å². The summed E-state index contributed by atoms with van der Waals surface area (Å²) in [6.07, 6.45) is -3.34. The highest BCUT2D eigenvalue weighted by atomic mass is 32.2. The van der Waals surface area contributed by atoms with Crippen molar-refractivity contribution in [2.75, 3.05) is 13.7 Å². The Morgan fingerprint density at radius 3 is 2.59 bits per heavy atom. The van der Waals surface area contributed by atoms with E-state index in [1.54, 1.807) is 24.3 Å². The molecule has 8 nitrogen and oxygen atoms in total. The molecule has 4 rings (SSSR count). The van der Waals surface area contributed by atoms with E-state index in [0.29, 0.717) is 28.3 Å². The molecule has 0 saturated carbocycles. The average molecular weight is 501 g/mol. The van der Waals surface area contributed by atoms with Crippen LogP contribution in [0.5, 0.6) is 5.75 Å². The molecule has 2 aromatic heterocycles. The summed E-state index contributed by atoms with van der Waals surface area (Å²) in [6, 6.07) is 6.66. The molecule has 3 aromatic rings. The summed E-state index contributed by atoms with van der Waals surface area (Å²) in [7, 11) is 1.49. The lowest BCUT2D eigenvalue weighted by Crippen LogP contribution is -2.33. The Labute approximate surface area is 191 Å². The van der Waals surface area contributed by atoms with Crippen molar-refractivity contribution >= 4 is 62.6 Å². The van der Waals surface area contributed by atoms with Crippen LogP contribution in [0.4, 0.5) is 13.2 Å². The Balaban J connectivity index is 1.86. The van der Waals surface area contributed by atoms with Gasteiger partial charge in [0, 0.05) is 5.56 Å². The number of aromatic nitrogens is 3. The van der Waals surface area contributed by atoms with Gasteiger partial charge in [-0.25, -0.2) is 9.50 Å². The van der Waals surface area contributed by atoms with Gasteiger partial charge in [-0.1, -0.05) is 35.3 Å². The highest BCUT2D eigenvalue weighted by Gasteiger charge is 2.37. The van der Waals surface area contributed by atoms with E-state index in [4.69, 9.17) is 22.1 Å². The Kier molecular flexibility index (Phi) is 5.68. The normalized spacial score (nSPS) is 15.9. The van der Waals surface area contributed by atoms with E-state index in [1.165, 1.54) is 13.2 Å². The second-order valence-electron chi connectivity index (χ2n) is 6.34. The lowest BCUT2D eigenvalue weighted by Gasteiger charge is -2.10. The smallest absolute Gasteiger partial charge is 0.445 e. The molecular formula is C18H11F3N4O4S3. The van der Waals surface area contributed by atoms with Crippen LogP contribution >= 0.6 is 35.3 Å². The molecule has 0 aliphatic carbocycles. The van der Waals surface area contributed by atoms with E-state index in [1.807, 2.05) is 0 Å². The number of halogens is 3. The standard InChI is InChI=1S/C18H11F3N4O4S3/c1-29-9-4-2-8(3-5-9)13-10(25-16(22-13)32-15(23-25)18(19,20)21)6-11-14(28)24(7-12(26)27)17(30)31-11/h2-6H,7H2,1H3,(H,26,27)/b11-6-. The molecule has 1 aliphatic rings. The first-order valence-corrected chi connectivity index (χ1v) is 10.7. The van der Waals surface area contributed by atoms with Crippen molar-refractivity contribution in [3.63, 3.8) is 0 Å². The first-order valence-electron chi connectivity index (χ1n) is 8.67. The van der Waals surface area contributed by atoms with Gasteiger partial charge < -0.3 is 9.84 Å². The monoisotopic (exact) mass is 500 g/mol. The topological polar surface area (TPSA) is 97.0 Å². The Hall–Kier alpha value is -2.97. The van der Waals surface area contributed by atoms with Crippen LogP contribution in [0.2, 0.25) is 0 Å². The van der Waals surface area contributed by atoms with Crippen molar-refractivity contribution < 1.29 is 32.6 Å². The molecule has 1 aliphatic heterocycles. The molecule has 0 atom stereocenters. The Morgan fingerprint density at radius 1 is 1.31 bits per heavy atom. The lowest BCUT2D eigenvalue weighted by molar-refractivity contribution is -0.140. The van der Waals surface area contributed by atoms with Crippen LogP contribution in [-0.4, -0.2) is 54.5 Å². The number of carboxylic acid groups (broad SMARTS) is 1. The van der Waals surface area contributed by atoms with Crippen molar-refractivity contribution in [3.05, 3.63) is 39.9 Å². The maximum Gasteiger partial charge on any atom is 0.445 e. The van der Waals surface area contributed by atoms with E-state index >= 15 is 0 Å². The molecule has 166 valence electrons. The third kappa shape index (κ3) is 4.08. The average Bonchev–Trinajstić information content (AvgIpc) is 3.37. The highest BCUT2D eigenvalue weighted by molar-refractivity contribution is 8.26. The van der Waals surface area contributed by atoms with Gasteiger partial charge in [0.05, 0.1) is 23.4 Å². The Bertz CT molecular complexity index is 1280. The van der Waals surface area contributed by atoms with Gasteiger partial charge >= 0.3 is 12.1 Å². The van der Waals surface area contributed by atoms with Crippen LogP contribution in [0.15, 0.2) is 29.2 Å². The van der Waals surface area contributed by atoms with E-state index in [9.17, 15) is 22.8 Å². The molecular weight excluding hydrogens is 489 g/mol. The highest BCUT2D eigenvalue weighted by Crippen LogP contribution is 2.38. The maximum absolute atomic E-state index is 13.2. The number of rotatable bonds is 5. The summed E-state index contributed by atoms with van der Waals surface area (Å²) >= 11 is 6.29. The zero-order valence-electron chi connectivity index (χ0n) is 15.9. The minimum absolute atomic E-state index is 0.0181. The Morgan fingerprint density at radius 2 is 2.00 bits per heavy atom. The minimum Gasteiger partial charge on any atom is -0.497 e. The summed E-state index contributed by atoms with van der Waals surface area (Å²) in [5.74, 6) is -1.34. The quantitative estimate of drug-likeness (QED) is 0.418. The number of benzene rings is 1. The van der Waals surface area contributed by atoms with Crippen LogP contribution in [0.1, 0.15) is 10.7 Å². The second kappa shape index (κ2) is 8.18. The number of aliphatic carboxylic acids is 1. The van der Waals surface area contributed by atoms with Gasteiger partial charge in [0.25, 0.3) is 5.91 Å². The summed E-state index contributed by atoms with van der Waals surface area (Å²) in [4.78, 5) is 28.9. The van der Waals surface area contributed by atoms with Crippen LogP contribution in [0.3, 0.4) is 0 Å². The van der Waals surface area contributed by atoms with Crippen molar-refractivity contribution in [2.45, 2.75) is 6.18 Å². The predicted octanol–water partition coefficient (Wildman–Crippen LogP) is 3.77. The third-order valence-corrected chi connectivity index (χ3v) is 6.61. The summed E-state index contributed by atoms with van der Waals surface area (Å²) in [6.45, 7) is -0.621. The number of nitrogens with zero attached hydrogens (tertiary/aromatic N) is 4. The van der Waals surface area contributed by atoms with Gasteiger partial charge in [-0.05, 0) is 30.3 Å². The molecule has 14 heteroatoms. The maximum atomic E-state index is 13.2. The van der Waals surface area contributed by atoms with Gasteiger partial charge in [-0.2, -0.15) is 13.2 Å². The van der Waals surface area contributed by atoms with E-state index in [0.717, 1.165) is 21.2 Å². The van der Waals surface area contributed by atoms with Crippen molar-refractivity contribution in [3.8, 4) is 17.0 Å². The molecule has 32 heavy (non-hydrogen) atoms. The number of carbonyl (C=O) groups is 2. The van der Waals surface area contributed by atoms with E-state index in [-0.39, 0.29) is 19.9 Å². The molecule has 3 heterocycles. The number of alkyl halides is 3. The number of thiocarbonyl (C=S) groups is 1. The number of imidazole rings is 1. The van der Waals surface area contributed by atoms with Gasteiger partial charge in [0.2, 0.25) is 9.97 Å². The molecule has 1 fully saturated rings. The first-order chi connectivity index (χ1) is 15.1. The number of carboxylic acids is 1. The zero-order valence-corrected chi connectivity index (χ0v) is 18.4. The number of hydrogen-bond acceptors (Lipinski definition) is 8. The molecule has 1 saturated heterocycles. The van der Waals surface area contributed by atoms with E-state index < -0.39 is 29.6 Å². The molecule has 1 N–H and O–H groups in total. The van der Waals surface area contributed by atoms with Crippen LogP contribution in [-0.2, 0) is 15.8 Å². The van der Waals surface area contributed by atoms with Crippen LogP contribution in [0, 0.1) is 0 Å². The summed E-state index contributed by atoms with van der Waals surface area (Å²) in [5.41, 5.74) is 0.987. The third-order valence-electron chi connectivity index (χ3n) is 4.28. The van der Waals surface area contributed by atoms with Crippen LogP contribution in [0.25, 0.3) is 22.3 Å². The molecule has 0 radical (unpaired) electrons. The van der Waals surface area contributed by atoms with Crippen molar-refractivity contribution in [1.82, 2.24) is 19.5 Å². The molecule has 0 unspecified atom stereocenters. The fourth-order valence-corrected chi connectivity index (χ4v) is 4.87. The van der Waals surface area contributed by atoms with Gasteiger partial charge in [0.15, 0.2) is 0 Å². The van der Waals surface area contributed by atoms with E-state index in [2.05, 4.69) is 10.1 Å².